The Hall–Kier alpha value is -3.16. The average Bonchev–Trinajstić information content (AvgIpc) is 3.48. The maximum atomic E-state index is 12.8. The molecule has 4 rings (SSSR count). The maximum absolute atomic E-state index is 12.8. The summed E-state index contributed by atoms with van der Waals surface area (Å²) in [5.41, 5.74) is 2.75. The fraction of sp³-hybridized carbons (Fsp3) is 0.568. The van der Waals surface area contributed by atoms with Crippen molar-refractivity contribution in [1.82, 2.24) is 0 Å². The third-order valence-corrected chi connectivity index (χ3v) is 8.11. The van der Waals surface area contributed by atoms with E-state index >= 15 is 0 Å². The van der Waals surface area contributed by atoms with Crippen LogP contribution >= 0.6 is 0 Å². The van der Waals surface area contributed by atoms with Gasteiger partial charge in [-0.05, 0) is 72.6 Å². The van der Waals surface area contributed by atoms with Crippen LogP contribution in [0.1, 0.15) is 85.0 Å². The Kier molecular flexibility index (Phi) is 12.9. The fourth-order valence-electron chi connectivity index (χ4n) is 5.66. The molecule has 0 bridgehead atoms. The van der Waals surface area contributed by atoms with Crippen LogP contribution in [0.4, 0.5) is 0 Å². The molecule has 44 heavy (non-hydrogen) atoms. The van der Waals surface area contributed by atoms with Crippen molar-refractivity contribution in [2.45, 2.75) is 91.6 Å². The van der Waals surface area contributed by atoms with E-state index in [1.165, 1.54) is 38.5 Å². The summed E-state index contributed by atoms with van der Waals surface area (Å²) in [5.74, 6) is 1.49. The largest absolute Gasteiger partial charge is 0.490 e. The maximum Gasteiger partial charge on any atom is 0.338 e. The summed E-state index contributed by atoms with van der Waals surface area (Å²) in [6, 6.07) is 15.7. The topological polar surface area (TPSA) is 80.3 Å². The summed E-state index contributed by atoms with van der Waals surface area (Å²) >= 11 is 0. The molecule has 7 nitrogen and oxygen atoms in total. The SMILES string of the molecule is CCC[C@H]1CC[C@H](C=CCOc2ccc(-c3ccc(C4O[C@@H](C(=O)OCC(C)C)[C@H](C(=O)OCC(C)C)O4)cc3)cc2)CC1. The minimum Gasteiger partial charge on any atom is -0.490 e. The molecule has 1 saturated heterocycles. The van der Waals surface area contributed by atoms with Gasteiger partial charge in [-0.3, -0.25) is 0 Å². The van der Waals surface area contributed by atoms with Gasteiger partial charge in [0.15, 0.2) is 18.5 Å². The van der Waals surface area contributed by atoms with Crippen LogP contribution in [0.25, 0.3) is 11.1 Å². The van der Waals surface area contributed by atoms with Gasteiger partial charge < -0.3 is 23.7 Å². The van der Waals surface area contributed by atoms with Crippen molar-refractivity contribution in [3.05, 3.63) is 66.2 Å². The number of carbonyl (C=O) groups is 2. The van der Waals surface area contributed by atoms with Crippen LogP contribution in [0.5, 0.6) is 5.75 Å². The summed E-state index contributed by atoms with van der Waals surface area (Å²) < 4.78 is 28.5. The molecule has 240 valence electrons. The Bertz CT molecular complexity index is 1160. The number of benzene rings is 2. The number of carbonyl (C=O) groups excluding carboxylic acids is 2. The highest BCUT2D eigenvalue weighted by atomic mass is 16.8. The van der Waals surface area contributed by atoms with Crippen molar-refractivity contribution in [1.29, 1.82) is 0 Å². The second-order valence-corrected chi connectivity index (χ2v) is 12.9. The van der Waals surface area contributed by atoms with Crippen molar-refractivity contribution in [3.8, 4) is 16.9 Å². The molecule has 0 unspecified atom stereocenters. The summed E-state index contributed by atoms with van der Waals surface area (Å²) in [6.45, 7) is 11.1. The van der Waals surface area contributed by atoms with Gasteiger partial charge >= 0.3 is 11.9 Å². The standard InChI is InChI=1S/C37H50O7/c1-6-8-27-10-12-28(13-11-27)9-7-22-40-32-20-18-30(19-21-32)29-14-16-31(17-15-29)37-43-33(35(38)41-23-25(2)3)34(44-37)36(39)42-24-26(4)5/h7,9,14-21,25-28,33-34,37H,6,8,10-13,22-24H2,1-5H3/t27-,28-,33-,34-/m1/s1. The van der Waals surface area contributed by atoms with E-state index in [4.69, 9.17) is 23.7 Å². The van der Waals surface area contributed by atoms with Crippen molar-refractivity contribution in [2.24, 2.45) is 23.7 Å². The molecular weight excluding hydrogens is 556 g/mol. The van der Waals surface area contributed by atoms with E-state index in [0.29, 0.717) is 18.1 Å². The quantitative estimate of drug-likeness (QED) is 0.159. The first-order chi connectivity index (χ1) is 21.2. The van der Waals surface area contributed by atoms with Crippen molar-refractivity contribution in [3.63, 3.8) is 0 Å². The zero-order valence-corrected chi connectivity index (χ0v) is 27.0. The lowest BCUT2D eigenvalue weighted by Gasteiger charge is -2.26. The predicted molar refractivity (Wildman–Crippen MR) is 171 cm³/mol. The molecule has 0 spiro atoms. The van der Waals surface area contributed by atoms with E-state index in [2.05, 4.69) is 19.1 Å². The molecule has 1 saturated carbocycles. The van der Waals surface area contributed by atoms with Crippen LogP contribution in [-0.2, 0) is 28.5 Å². The van der Waals surface area contributed by atoms with Gasteiger partial charge in [0.2, 0.25) is 0 Å². The highest BCUT2D eigenvalue weighted by Crippen LogP contribution is 2.35. The number of rotatable bonds is 14. The minimum absolute atomic E-state index is 0.151. The third-order valence-electron chi connectivity index (χ3n) is 8.11. The Labute approximate surface area is 263 Å². The van der Waals surface area contributed by atoms with E-state index in [1.54, 1.807) is 0 Å². The van der Waals surface area contributed by atoms with Gasteiger partial charge in [0.1, 0.15) is 12.4 Å². The van der Waals surface area contributed by atoms with Gasteiger partial charge in [-0.15, -0.1) is 0 Å². The molecule has 0 N–H and O–H groups in total. The van der Waals surface area contributed by atoms with Crippen molar-refractivity contribution in [2.75, 3.05) is 19.8 Å². The molecule has 2 atom stereocenters. The molecule has 0 amide bonds. The molecular formula is C37H50O7. The number of allylic oxidation sites excluding steroid dienone is 1. The molecule has 0 aromatic heterocycles. The van der Waals surface area contributed by atoms with Crippen LogP contribution < -0.4 is 4.74 Å². The Morgan fingerprint density at radius 2 is 1.32 bits per heavy atom. The van der Waals surface area contributed by atoms with E-state index in [-0.39, 0.29) is 25.0 Å². The summed E-state index contributed by atoms with van der Waals surface area (Å²) in [4.78, 5) is 25.6. The van der Waals surface area contributed by atoms with Gasteiger partial charge in [0, 0.05) is 5.56 Å². The highest BCUT2D eigenvalue weighted by Gasteiger charge is 2.47. The van der Waals surface area contributed by atoms with Crippen LogP contribution in [0, 0.1) is 23.7 Å². The molecule has 2 aromatic rings. The third kappa shape index (κ3) is 9.93. The van der Waals surface area contributed by atoms with Crippen LogP contribution in [-0.4, -0.2) is 44.0 Å². The van der Waals surface area contributed by atoms with E-state index in [1.807, 2.05) is 76.2 Å². The van der Waals surface area contributed by atoms with E-state index in [0.717, 1.165) is 22.8 Å². The van der Waals surface area contributed by atoms with E-state index < -0.39 is 30.4 Å². The zero-order valence-electron chi connectivity index (χ0n) is 27.0. The van der Waals surface area contributed by atoms with Crippen LogP contribution in [0.15, 0.2) is 60.7 Å². The summed E-state index contributed by atoms with van der Waals surface area (Å²) in [6.07, 6.45) is 9.19. The first kappa shape index (κ1) is 33.7. The number of hydrogen-bond acceptors (Lipinski definition) is 7. The highest BCUT2D eigenvalue weighted by molar-refractivity contribution is 5.86. The Balaban J connectivity index is 1.31. The molecule has 0 radical (unpaired) electrons. The van der Waals surface area contributed by atoms with Crippen molar-refractivity contribution >= 4 is 11.9 Å². The minimum atomic E-state index is -1.19. The molecule has 2 aliphatic rings. The fourth-order valence-corrected chi connectivity index (χ4v) is 5.66. The smallest absolute Gasteiger partial charge is 0.338 e. The monoisotopic (exact) mass is 606 g/mol. The van der Waals surface area contributed by atoms with Gasteiger partial charge in [-0.2, -0.15) is 0 Å². The first-order valence-electron chi connectivity index (χ1n) is 16.4. The van der Waals surface area contributed by atoms with E-state index in [9.17, 15) is 9.59 Å². The molecule has 2 aromatic carbocycles. The first-order valence-corrected chi connectivity index (χ1v) is 16.4. The lowest BCUT2D eigenvalue weighted by atomic mass is 9.80. The Morgan fingerprint density at radius 3 is 1.82 bits per heavy atom. The summed E-state index contributed by atoms with van der Waals surface area (Å²) in [5, 5.41) is 0. The summed E-state index contributed by atoms with van der Waals surface area (Å²) in [7, 11) is 0. The lowest BCUT2D eigenvalue weighted by Crippen LogP contribution is -2.40. The lowest BCUT2D eigenvalue weighted by molar-refractivity contribution is -0.164. The van der Waals surface area contributed by atoms with Gasteiger partial charge in [-0.1, -0.05) is 96.0 Å². The van der Waals surface area contributed by atoms with Crippen LogP contribution in [0.3, 0.4) is 0 Å². The van der Waals surface area contributed by atoms with Crippen molar-refractivity contribution < 1.29 is 33.3 Å². The average molecular weight is 607 g/mol. The molecule has 1 heterocycles. The number of esters is 2. The zero-order chi connectivity index (χ0) is 31.5. The van der Waals surface area contributed by atoms with Crippen LogP contribution in [0.2, 0.25) is 0 Å². The van der Waals surface area contributed by atoms with Gasteiger partial charge in [0.25, 0.3) is 0 Å². The number of ether oxygens (including phenoxy) is 5. The normalized spacial score (nSPS) is 22.5. The molecule has 1 aliphatic carbocycles. The predicted octanol–water partition coefficient (Wildman–Crippen LogP) is 8.08. The molecule has 2 fully saturated rings. The van der Waals surface area contributed by atoms with Gasteiger partial charge in [0.05, 0.1) is 13.2 Å². The number of hydrogen-bond donors (Lipinski definition) is 0. The second kappa shape index (κ2) is 16.8. The molecule has 7 heteroatoms. The Morgan fingerprint density at radius 1 is 0.795 bits per heavy atom. The van der Waals surface area contributed by atoms with Gasteiger partial charge in [-0.25, -0.2) is 9.59 Å². The second-order valence-electron chi connectivity index (χ2n) is 12.9. The molecule has 1 aliphatic heterocycles.